The SMILES string of the molecule is [NH3+]c1cc2c(cc1[N+](=O)[O-])OCO2. The van der Waals surface area contributed by atoms with Crippen LogP contribution in [0.1, 0.15) is 0 Å². The monoisotopic (exact) mass is 183 g/mol. The van der Waals surface area contributed by atoms with Gasteiger partial charge in [-0.05, 0) is 0 Å². The maximum Gasteiger partial charge on any atom is 0.333 e. The molecule has 0 bridgehead atoms. The zero-order valence-corrected chi connectivity index (χ0v) is 6.65. The molecule has 0 aliphatic carbocycles. The zero-order valence-electron chi connectivity index (χ0n) is 6.65. The number of benzene rings is 1. The molecule has 0 atom stereocenters. The number of nitrogens with zero attached hydrogens (tertiary/aromatic N) is 1. The highest BCUT2D eigenvalue weighted by atomic mass is 16.7. The summed E-state index contributed by atoms with van der Waals surface area (Å²) in [6.07, 6.45) is 0. The first-order chi connectivity index (χ1) is 6.18. The number of nitro benzene ring substituents is 1. The molecule has 0 saturated carbocycles. The predicted molar refractivity (Wildman–Crippen MR) is 41.8 cm³/mol. The molecule has 0 radical (unpaired) electrons. The summed E-state index contributed by atoms with van der Waals surface area (Å²) in [5.41, 5.74) is 3.82. The Hall–Kier alpha value is -1.82. The van der Waals surface area contributed by atoms with E-state index in [9.17, 15) is 10.1 Å². The zero-order chi connectivity index (χ0) is 9.42. The third-order valence-corrected chi connectivity index (χ3v) is 1.77. The second-order valence-corrected chi connectivity index (χ2v) is 2.59. The average molecular weight is 183 g/mol. The van der Waals surface area contributed by atoms with Crippen molar-refractivity contribution in [3.63, 3.8) is 0 Å². The predicted octanol–water partition coefficient (Wildman–Crippen LogP) is 0.197. The Labute approximate surface area is 73.0 Å². The third kappa shape index (κ3) is 1.17. The molecule has 0 unspecified atom stereocenters. The van der Waals surface area contributed by atoms with Crippen molar-refractivity contribution in [1.29, 1.82) is 0 Å². The molecule has 6 nitrogen and oxygen atoms in total. The van der Waals surface area contributed by atoms with Crippen LogP contribution in [0, 0.1) is 10.1 Å². The minimum atomic E-state index is -0.496. The second kappa shape index (κ2) is 2.60. The Morgan fingerprint density at radius 2 is 2.00 bits per heavy atom. The highest BCUT2D eigenvalue weighted by Gasteiger charge is 2.23. The number of fused-ring (bicyclic) bond motifs is 1. The van der Waals surface area contributed by atoms with E-state index < -0.39 is 4.92 Å². The van der Waals surface area contributed by atoms with Gasteiger partial charge in [0.2, 0.25) is 12.5 Å². The lowest BCUT2D eigenvalue weighted by molar-refractivity contribution is -0.395. The van der Waals surface area contributed by atoms with Crippen molar-refractivity contribution in [3.8, 4) is 11.5 Å². The number of ether oxygens (including phenoxy) is 2. The van der Waals surface area contributed by atoms with Gasteiger partial charge in [-0.15, -0.1) is 0 Å². The Bertz CT molecular complexity index is 377. The van der Waals surface area contributed by atoms with E-state index in [4.69, 9.17) is 9.47 Å². The van der Waals surface area contributed by atoms with Crippen LogP contribution in [-0.2, 0) is 0 Å². The van der Waals surface area contributed by atoms with Gasteiger partial charge in [0.05, 0.1) is 17.1 Å². The van der Waals surface area contributed by atoms with E-state index in [2.05, 4.69) is 5.73 Å². The molecule has 0 spiro atoms. The van der Waals surface area contributed by atoms with Crippen LogP contribution < -0.4 is 15.2 Å². The van der Waals surface area contributed by atoms with Crippen molar-refractivity contribution in [2.45, 2.75) is 0 Å². The molecule has 68 valence electrons. The molecule has 1 aromatic carbocycles. The highest BCUT2D eigenvalue weighted by Crippen LogP contribution is 2.38. The van der Waals surface area contributed by atoms with Gasteiger partial charge in [-0.1, -0.05) is 0 Å². The molecule has 13 heavy (non-hydrogen) atoms. The summed E-state index contributed by atoms with van der Waals surface area (Å²) in [6, 6.07) is 2.82. The first kappa shape index (κ1) is 7.81. The van der Waals surface area contributed by atoms with Gasteiger partial charge in [-0.25, -0.2) is 0 Å². The fourth-order valence-corrected chi connectivity index (χ4v) is 1.14. The molecule has 6 heteroatoms. The Morgan fingerprint density at radius 1 is 1.38 bits per heavy atom. The van der Waals surface area contributed by atoms with Crippen molar-refractivity contribution >= 4 is 11.4 Å². The van der Waals surface area contributed by atoms with E-state index in [0.717, 1.165) is 0 Å². The number of quaternary nitrogens is 1. The lowest BCUT2D eigenvalue weighted by Gasteiger charge is -1.96. The molecule has 3 N–H and O–H groups in total. The van der Waals surface area contributed by atoms with Crippen LogP contribution in [-0.4, -0.2) is 11.7 Å². The van der Waals surface area contributed by atoms with E-state index in [-0.39, 0.29) is 12.5 Å². The summed E-state index contributed by atoms with van der Waals surface area (Å²) in [4.78, 5) is 10.00. The Kier molecular flexibility index (Phi) is 1.56. The molecule has 1 aromatic rings. The highest BCUT2D eigenvalue weighted by molar-refractivity contribution is 5.61. The maximum absolute atomic E-state index is 10.5. The second-order valence-electron chi connectivity index (χ2n) is 2.59. The van der Waals surface area contributed by atoms with E-state index in [1.165, 1.54) is 12.1 Å². The number of rotatable bonds is 1. The van der Waals surface area contributed by atoms with Gasteiger partial charge >= 0.3 is 5.69 Å². The van der Waals surface area contributed by atoms with Gasteiger partial charge in [-0.2, -0.15) is 0 Å². The van der Waals surface area contributed by atoms with Crippen LogP contribution in [0.5, 0.6) is 11.5 Å². The van der Waals surface area contributed by atoms with Crippen LogP contribution in [0.25, 0.3) is 0 Å². The standard InChI is InChI=1S/C7H6N2O4/c8-4-1-6-7(13-3-12-6)2-5(4)9(10)11/h1-2H,3,8H2/p+1. The molecule has 0 saturated heterocycles. The topological polar surface area (TPSA) is 89.2 Å². The minimum Gasteiger partial charge on any atom is -0.453 e. The molecular formula is C7H7N2O4+. The molecule has 1 heterocycles. The van der Waals surface area contributed by atoms with Gasteiger partial charge in [0.1, 0.15) is 0 Å². The quantitative estimate of drug-likeness (QED) is 0.497. The number of nitro groups is 1. The number of hydrogen-bond donors (Lipinski definition) is 1. The van der Waals surface area contributed by atoms with Crippen molar-refractivity contribution in [2.24, 2.45) is 0 Å². The van der Waals surface area contributed by atoms with Crippen molar-refractivity contribution in [3.05, 3.63) is 22.2 Å². The Balaban J connectivity index is 2.55. The lowest BCUT2D eigenvalue weighted by Crippen LogP contribution is -2.40. The average Bonchev–Trinajstić information content (AvgIpc) is 2.48. The number of hydrogen-bond acceptors (Lipinski definition) is 4. The summed E-state index contributed by atoms with van der Waals surface area (Å²) in [5, 5.41) is 10.5. The molecule has 1 aliphatic rings. The Morgan fingerprint density at radius 3 is 2.62 bits per heavy atom. The van der Waals surface area contributed by atoms with E-state index in [1.807, 2.05) is 0 Å². The van der Waals surface area contributed by atoms with Crippen LogP contribution in [0.15, 0.2) is 12.1 Å². The summed E-state index contributed by atoms with van der Waals surface area (Å²) in [5.74, 6) is 0.912. The largest absolute Gasteiger partial charge is 0.453 e. The van der Waals surface area contributed by atoms with E-state index in [0.29, 0.717) is 17.2 Å². The van der Waals surface area contributed by atoms with Crippen molar-refractivity contribution < 1.29 is 20.1 Å². The first-order valence-corrected chi connectivity index (χ1v) is 3.58. The molecule has 2 rings (SSSR count). The molecular weight excluding hydrogens is 176 g/mol. The third-order valence-electron chi connectivity index (χ3n) is 1.77. The van der Waals surface area contributed by atoms with Crippen molar-refractivity contribution in [1.82, 2.24) is 0 Å². The molecule has 0 fully saturated rings. The lowest BCUT2D eigenvalue weighted by atomic mass is 10.2. The fraction of sp³-hybridized carbons (Fsp3) is 0.143. The summed E-state index contributed by atoms with van der Waals surface area (Å²) < 4.78 is 10.0. The summed E-state index contributed by atoms with van der Waals surface area (Å²) >= 11 is 0. The van der Waals surface area contributed by atoms with Crippen LogP contribution in [0.4, 0.5) is 11.4 Å². The maximum atomic E-state index is 10.5. The van der Waals surface area contributed by atoms with Crippen LogP contribution in [0.2, 0.25) is 0 Å². The van der Waals surface area contributed by atoms with E-state index >= 15 is 0 Å². The van der Waals surface area contributed by atoms with Gasteiger partial charge in [-0.3, -0.25) is 10.1 Å². The van der Waals surface area contributed by atoms with E-state index in [1.54, 1.807) is 0 Å². The van der Waals surface area contributed by atoms with Gasteiger partial charge < -0.3 is 15.2 Å². The minimum absolute atomic E-state index is 0.0516. The summed E-state index contributed by atoms with van der Waals surface area (Å²) in [7, 11) is 0. The smallest absolute Gasteiger partial charge is 0.333 e. The first-order valence-electron chi connectivity index (χ1n) is 3.58. The fourth-order valence-electron chi connectivity index (χ4n) is 1.14. The van der Waals surface area contributed by atoms with Crippen LogP contribution in [0.3, 0.4) is 0 Å². The molecule has 0 amide bonds. The van der Waals surface area contributed by atoms with Gasteiger partial charge in [0.25, 0.3) is 0 Å². The molecule has 1 aliphatic heterocycles. The summed E-state index contributed by atoms with van der Waals surface area (Å²) in [6.45, 7) is 0.107. The van der Waals surface area contributed by atoms with Crippen molar-refractivity contribution in [2.75, 3.05) is 6.79 Å². The van der Waals surface area contributed by atoms with Gasteiger partial charge in [0.15, 0.2) is 11.5 Å². The normalized spacial score (nSPS) is 13.0. The van der Waals surface area contributed by atoms with Gasteiger partial charge in [0, 0.05) is 0 Å². The molecule has 0 aromatic heterocycles. The van der Waals surface area contributed by atoms with Crippen LogP contribution >= 0.6 is 0 Å².